The molecule has 7 rings (SSSR count). The molecule has 0 unspecified atom stereocenters. The molecule has 3 N–H and O–H groups in total. The lowest BCUT2D eigenvalue weighted by molar-refractivity contribution is 0.631. The molecule has 7 aromatic rings. The van der Waals surface area contributed by atoms with Gasteiger partial charge in [0.05, 0.1) is 10.9 Å². The molecule has 0 aliphatic carbocycles. The Kier molecular flexibility index (Phi) is 6.02. The van der Waals surface area contributed by atoms with Gasteiger partial charge in [-0.3, -0.25) is 15.1 Å². The molecule has 9 heteroatoms. The maximum absolute atomic E-state index is 14.6. The molecule has 0 amide bonds. The zero-order chi connectivity index (χ0) is 26.9. The van der Waals surface area contributed by atoms with Crippen LogP contribution in [-0.2, 0) is 13.1 Å². The minimum atomic E-state index is -0.350. The van der Waals surface area contributed by atoms with Crippen LogP contribution in [0, 0.1) is 5.82 Å². The summed E-state index contributed by atoms with van der Waals surface area (Å²) in [7, 11) is 0. The summed E-state index contributed by atoms with van der Waals surface area (Å²) in [5.74, 6) is 0.194. The van der Waals surface area contributed by atoms with E-state index in [1.807, 2.05) is 42.7 Å². The highest BCUT2D eigenvalue weighted by molar-refractivity contribution is 5.96. The van der Waals surface area contributed by atoms with Crippen LogP contribution in [0.2, 0.25) is 0 Å². The molecule has 2 aromatic carbocycles. The fourth-order valence-corrected chi connectivity index (χ4v) is 4.83. The maximum Gasteiger partial charge on any atom is 0.159 e. The Labute approximate surface area is 228 Å². The number of nitrogens with one attached hydrogen (secondary N) is 3. The smallest absolute Gasteiger partial charge is 0.159 e. The van der Waals surface area contributed by atoms with Crippen molar-refractivity contribution in [2.75, 3.05) is 0 Å². The highest BCUT2D eigenvalue weighted by atomic mass is 19.1. The molecule has 8 nitrogen and oxygen atoms in total. The van der Waals surface area contributed by atoms with Crippen molar-refractivity contribution in [2.24, 2.45) is 0 Å². The highest BCUT2D eigenvalue weighted by Gasteiger charge is 2.18. The number of hydrogen-bond donors (Lipinski definition) is 3. The molecule has 5 heterocycles. The molecule has 194 valence electrons. The second kappa shape index (κ2) is 10.1. The number of hydrogen-bond acceptors (Lipinski definition) is 6. The molecule has 0 aliphatic heterocycles. The van der Waals surface area contributed by atoms with Crippen molar-refractivity contribution in [3.8, 4) is 33.9 Å². The zero-order valence-electron chi connectivity index (χ0n) is 21.3. The van der Waals surface area contributed by atoms with Crippen molar-refractivity contribution in [3.05, 3.63) is 115 Å². The fourth-order valence-electron chi connectivity index (χ4n) is 4.83. The van der Waals surface area contributed by atoms with E-state index >= 15 is 0 Å². The van der Waals surface area contributed by atoms with E-state index in [4.69, 9.17) is 4.98 Å². The molecular weight excluding hydrogens is 503 g/mol. The normalized spacial score (nSPS) is 11.4. The summed E-state index contributed by atoms with van der Waals surface area (Å²) in [6.07, 6.45) is 7.15. The number of rotatable bonds is 7. The number of aromatic amines is 2. The van der Waals surface area contributed by atoms with E-state index in [2.05, 4.69) is 53.6 Å². The topological polar surface area (TPSA) is 108 Å². The summed E-state index contributed by atoms with van der Waals surface area (Å²) in [5, 5.41) is 11.8. The minimum Gasteiger partial charge on any atom is -0.336 e. The van der Waals surface area contributed by atoms with Gasteiger partial charge in [0.2, 0.25) is 0 Å². The van der Waals surface area contributed by atoms with Crippen molar-refractivity contribution < 1.29 is 4.39 Å². The van der Waals surface area contributed by atoms with Crippen molar-refractivity contribution >= 4 is 22.1 Å². The van der Waals surface area contributed by atoms with Crippen LogP contribution in [0.5, 0.6) is 0 Å². The Morgan fingerprint density at radius 2 is 1.60 bits per heavy atom. The van der Waals surface area contributed by atoms with Gasteiger partial charge in [0.15, 0.2) is 11.5 Å². The van der Waals surface area contributed by atoms with Crippen LogP contribution in [0.3, 0.4) is 0 Å². The molecule has 40 heavy (non-hydrogen) atoms. The monoisotopic (exact) mass is 526 g/mol. The Bertz CT molecular complexity index is 1960. The van der Waals surface area contributed by atoms with Gasteiger partial charge in [0.1, 0.15) is 22.7 Å². The first kappa shape index (κ1) is 23.8. The summed E-state index contributed by atoms with van der Waals surface area (Å²) >= 11 is 0. The van der Waals surface area contributed by atoms with Crippen LogP contribution < -0.4 is 5.32 Å². The van der Waals surface area contributed by atoms with E-state index in [1.54, 1.807) is 30.6 Å². The number of pyridine rings is 3. The van der Waals surface area contributed by atoms with Gasteiger partial charge in [0.25, 0.3) is 0 Å². The van der Waals surface area contributed by atoms with Gasteiger partial charge in [0, 0.05) is 54.6 Å². The Morgan fingerprint density at radius 1 is 0.775 bits per heavy atom. The first-order valence-electron chi connectivity index (χ1n) is 12.9. The molecule has 0 saturated heterocycles. The lowest BCUT2D eigenvalue weighted by Crippen LogP contribution is -2.12. The molecule has 5 aromatic heterocycles. The van der Waals surface area contributed by atoms with Gasteiger partial charge in [-0.2, -0.15) is 5.10 Å². The summed E-state index contributed by atoms with van der Waals surface area (Å²) in [4.78, 5) is 21.6. The second-order valence-corrected chi connectivity index (χ2v) is 9.48. The summed E-state index contributed by atoms with van der Waals surface area (Å²) < 4.78 is 14.6. The molecule has 0 spiro atoms. The van der Waals surface area contributed by atoms with Gasteiger partial charge in [-0.15, -0.1) is 0 Å². The quantitative estimate of drug-likeness (QED) is 0.233. The predicted molar refractivity (Wildman–Crippen MR) is 152 cm³/mol. The first-order chi connectivity index (χ1) is 19.7. The van der Waals surface area contributed by atoms with E-state index in [0.29, 0.717) is 40.5 Å². The number of nitrogens with zero attached hydrogens (tertiary/aromatic N) is 5. The van der Waals surface area contributed by atoms with Crippen molar-refractivity contribution in [1.29, 1.82) is 0 Å². The molecule has 0 saturated carbocycles. The van der Waals surface area contributed by atoms with Crippen molar-refractivity contribution in [2.45, 2.75) is 13.1 Å². The lowest BCUT2D eigenvalue weighted by atomic mass is 10.1. The average Bonchev–Trinajstić information content (AvgIpc) is 3.62. The third-order valence-electron chi connectivity index (χ3n) is 6.80. The first-order valence-corrected chi connectivity index (χ1v) is 12.9. The molecule has 0 atom stereocenters. The van der Waals surface area contributed by atoms with Crippen LogP contribution in [0.15, 0.2) is 97.6 Å². The van der Waals surface area contributed by atoms with Crippen LogP contribution in [0.1, 0.15) is 11.1 Å². The van der Waals surface area contributed by atoms with Gasteiger partial charge >= 0.3 is 0 Å². The third kappa shape index (κ3) is 4.48. The fraction of sp³-hybridized carbons (Fsp3) is 0.0645. The summed E-state index contributed by atoms with van der Waals surface area (Å²) in [6, 6.07) is 22.8. The largest absolute Gasteiger partial charge is 0.336 e. The van der Waals surface area contributed by atoms with E-state index < -0.39 is 0 Å². The van der Waals surface area contributed by atoms with Gasteiger partial charge in [-0.05, 0) is 41.5 Å². The summed E-state index contributed by atoms with van der Waals surface area (Å²) in [6.45, 7) is 1.47. The van der Waals surface area contributed by atoms with Crippen molar-refractivity contribution in [3.63, 3.8) is 0 Å². The number of H-pyrrole nitrogens is 2. The molecule has 0 radical (unpaired) electrons. The van der Waals surface area contributed by atoms with E-state index in [9.17, 15) is 4.39 Å². The third-order valence-corrected chi connectivity index (χ3v) is 6.80. The Hall–Kier alpha value is -5.28. The minimum absolute atomic E-state index is 0.350. The Balaban J connectivity index is 1.21. The van der Waals surface area contributed by atoms with E-state index in [0.717, 1.165) is 34.1 Å². The number of imidazole rings is 1. The average molecular weight is 527 g/mol. The predicted octanol–water partition coefficient (Wildman–Crippen LogP) is 6.05. The van der Waals surface area contributed by atoms with Gasteiger partial charge in [-0.25, -0.2) is 14.4 Å². The van der Waals surface area contributed by atoms with Gasteiger partial charge < -0.3 is 10.3 Å². The van der Waals surface area contributed by atoms with Gasteiger partial charge in [-0.1, -0.05) is 42.5 Å². The second-order valence-electron chi connectivity index (χ2n) is 9.48. The number of benzene rings is 2. The number of halogens is 1. The summed E-state index contributed by atoms with van der Waals surface area (Å²) in [5.41, 5.74) is 7.62. The standard InChI is InChI=1S/C31H23FN8/c32-25-9-5-4-8-23(25)27-29-26(10-11-35-27)37-31(38-29)28-24-13-22(18-36-30(24)40-39-28)21-12-20(16-34-17-21)15-33-14-19-6-2-1-3-7-19/h1-13,16-18,33H,14-15H2,(H,37,38)(H,36,39,40). The highest BCUT2D eigenvalue weighted by Crippen LogP contribution is 2.32. The van der Waals surface area contributed by atoms with Crippen LogP contribution >= 0.6 is 0 Å². The molecule has 0 bridgehead atoms. The number of fused-ring (bicyclic) bond motifs is 2. The maximum atomic E-state index is 14.6. The Morgan fingerprint density at radius 3 is 2.50 bits per heavy atom. The lowest BCUT2D eigenvalue weighted by Gasteiger charge is -2.07. The van der Waals surface area contributed by atoms with Crippen molar-refractivity contribution in [1.82, 2.24) is 40.4 Å². The number of aromatic nitrogens is 7. The molecular formula is C31H23FN8. The van der Waals surface area contributed by atoms with E-state index in [-0.39, 0.29) is 5.82 Å². The van der Waals surface area contributed by atoms with Crippen LogP contribution in [-0.4, -0.2) is 35.1 Å². The van der Waals surface area contributed by atoms with E-state index in [1.165, 1.54) is 11.6 Å². The zero-order valence-corrected chi connectivity index (χ0v) is 21.3. The van der Waals surface area contributed by atoms with Crippen LogP contribution in [0.25, 0.3) is 56.0 Å². The molecule has 0 fully saturated rings. The SMILES string of the molecule is Fc1ccccc1-c1nccc2[nH]c(-c3n[nH]c4ncc(-c5cncc(CNCc6ccccc6)c5)cc34)nc12. The molecule has 0 aliphatic rings. The van der Waals surface area contributed by atoms with Crippen LogP contribution in [0.4, 0.5) is 4.39 Å².